The summed E-state index contributed by atoms with van der Waals surface area (Å²) in [6.45, 7) is 4.03. The largest absolute Gasteiger partial charge is 0.416 e. The van der Waals surface area contributed by atoms with E-state index >= 15 is 0 Å². The summed E-state index contributed by atoms with van der Waals surface area (Å²) in [5, 5.41) is 2.88. The van der Waals surface area contributed by atoms with Crippen LogP contribution in [0.15, 0.2) is 71.6 Å². The van der Waals surface area contributed by atoms with Gasteiger partial charge in [0.15, 0.2) is 0 Å². The molecule has 3 aromatic rings. The summed E-state index contributed by atoms with van der Waals surface area (Å²) in [4.78, 5) is 28.4. The third kappa shape index (κ3) is 8.38. The quantitative estimate of drug-likeness (QED) is 0.212. The number of rotatable bonds is 12. The maximum atomic E-state index is 14.2. The topological polar surface area (TPSA) is 86.8 Å². The molecule has 1 N–H and O–H groups in total. The molecule has 2 atom stereocenters. The first-order chi connectivity index (χ1) is 20.6. The molecular weight excluding hydrogens is 662 g/mol. The number of carbonyl (C=O) groups excluding carboxylic acids is 2. The fourth-order valence-corrected chi connectivity index (χ4v) is 6.56. The molecule has 0 aliphatic rings. The molecule has 3 rings (SSSR count). The van der Waals surface area contributed by atoms with Crippen molar-refractivity contribution in [3.8, 4) is 0 Å². The van der Waals surface area contributed by atoms with Crippen molar-refractivity contribution in [1.82, 2.24) is 10.2 Å². The van der Waals surface area contributed by atoms with Crippen molar-refractivity contribution < 1.29 is 31.2 Å². The molecular formula is C30H31Cl3F3N3O4S. The van der Waals surface area contributed by atoms with Gasteiger partial charge < -0.3 is 10.2 Å². The number of nitrogens with zero attached hydrogens (tertiary/aromatic N) is 2. The Labute approximate surface area is 269 Å². The molecule has 0 radical (unpaired) electrons. The molecule has 0 spiro atoms. The Kier molecular flexibility index (Phi) is 12.0. The monoisotopic (exact) mass is 691 g/mol. The number of alkyl halides is 3. The van der Waals surface area contributed by atoms with E-state index < -0.39 is 51.9 Å². The molecule has 2 amide bonds. The molecule has 14 heteroatoms. The minimum Gasteiger partial charge on any atom is -0.352 e. The third-order valence-corrected chi connectivity index (χ3v) is 9.73. The van der Waals surface area contributed by atoms with Crippen molar-refractivity contribution in [2.45, 2.75) is 63.3 Å². The lowest BCUT2D eigenvalue weighted by Crippen LogP contribution is -2.53. The summed E-state index contributed by atoms with van der Waals surface area (Å²) < 4.78 is 69.5. The van der Waals surface area contributed by atoms with E-state index in [0.29, 0.717) is 28.4 Å². The molecule has 0 aliphatic carbocycles. The smallest absolute Gasteiger partial charge is 0.352 e. The van der Waals surface area contributed by atoms with Crippen LogP contribution in [0, 0.1) is 0 Å². The van der Waals surface area contributed by atoms with Crippen LogP contribution in [0.5, 0.6) is 0 Å². The fourth-order valence-electron chi connectivity index (χ4n) is 4.33. The van der Waals surface area contributed by atoms with E-state index in [1.54, 1.807) is 38.1 Å². The van der Waals surface area contributed by atoms with E-state index in [1.165, 1.54) is 24.3 Å². The second-order valence-electron chi connectivity index (χ2n) is 9.95. The molecule has 0 bridgehead atoms. The molecule has 238 valence electrons. The van der Waals surface area contributed by atoms with Crippen LogP contribution in [0.1, 0.15) is 44.7 Å². The van der Waals surface area contributed by atoms with Gasteiger partial charge in [-0.2, -0.15) is 13.2 Å². The molecule has 0 saturated carbocycles. The summed E-state index contributed by atoms with van der Waals surface area (Å²) in [7, 11) is -4.65. The number of hydrogen-bond acceptors (Lipinski definition) is 4. The minimum absolute atomic E-state index is 0.117. The number of sulfonamides is 1. The number of hydrogen-bond donors (Lipinski definition) is 1. The van der Waals surface area contributed by atoms with E-state index in [2.05, 4.69) is 5.32 Å². The molecule has 0 heterocycles. The number of halogens is 6. The van der Waals surface area contributed by atoms with E-state index in [1.807, 2.05) is 6.92 Å². The predicted molar refractivity (Wildman–Crippen MR) is 166 cm³/mol. The van der Waals surface area contributed by atoms with Gasteiger partial charge in [-0.1, -0.05) is 72.9 Å². The molecule has 7 nitrogen and oxygen atoms in total. The second-order valence-corrected chi connectivity index (χ2v) is 13.0. The minimum atomic E-state index is -4.83. The number of carbonyl (C=O) groups is 2. The first-order valence-corrected chi connectivity index (χ1v) is 16.2. The van der Waals surface area contributed by atoms with E-state index in [-0.39, 0.29) is 39.0 Å². The Morgan fingerprint density at radius 1 is 0.886 bits per heavy atom. The standard InChI is InChI=1S/C30H31Cl3F3N3O4S/c1-4-19(3)37-29(41)26(5-2)38(17-22-23(31)12-9-13-24(22)32)28(40)18-39(44(42,43)21-10-7-6-8-11-21)27-16-20(30(34,35)36)14-15-25(27)33/h6-16,19,26H,4-5,17-18H2,1-3H3,(H,37,41)/t19-,26-/m0/s1. The van der Waals surface area contributed by atoms with Crippen molar-refractivity contribution in [3.63, 3.8) is 0 Å². The highest BCUT2D eigenvalue weighted by molar-refractivity contribution is 7.92. The zero-order valence-electron chi connectivity index (χ0n) is 24.0. The summed E-state index contributed by atoms with van der Waals surface area (Å²) in [6, 6.07) is 12.4. The zero-order valence-corrected chi connectivity index (χ0v) is 27.1. The van der Waals surface area contributed by atoms with E-state index in [9.17, 15) is 31.2 Å². The first kappa shape index (κ1) is 35.5. The van der Waals surface area contributed by atoms with Gasteiger partial charge in [0.25, 0.3) is 10.0 Å². The van der Waals surface area contributed by atoms with Crippen molar-refractivity contribution in [3.05, 3.63) is 92.9 Å². The van der Waals surface area contributed by atoms with Crippen molar-refractivity contribution in [2.75, 3.05) is 10.8 Å². The maximum Gasteiger partial charge on any atom is 0.416 e. The van der Waals surface area contributed by atoms with Crippen LogP contribution in [-0.2, 0) is 32.3 Å². The molecule has 0 aliphatic heterocycles. The first-order valence-electron chi connectivity index (χ1n) is 13.6. The van der Waals surface area contributed by atoms with Crippen LogP contribution < -0.4 is 9.62 Å². The Balaban J connectivity index is 2.19. The Morgan fingerprint density at radius 2 is 1.50 bits per heavy atom. The van der Waals surface area contributed by atoms with Crippen LogP contribution >= 0.6 is 34.8 Å². The SMILES string of the molecule is CC[C@H](C)NC(=O)[C@H](CC)N(Cc1c(Cl)cccc1Cl)C(=O)CN(c1cc(C(F)(F)F)ccc1Cl)S(=O)(=O)c1ccccc1. The van der Waals surface area contributed by atoms with Crippen molar-refractivity contribution >= 4 is 62.3 Å². The van der Waals surface area contributed by atoms with Gasteiger partial charge in [0.1, 0.15) is 12.6 Å². The maximum absolute atomic E-state index is 14.2. The summed E-state index contributed by atoms with van der Waals surface area (Å²) in [5.74, 6) is -1.41. The summed E-state index contributed by atoms with van der Waals surface area (Å²) >= 11 is 19.1. The Morgan fingerprint density at radius 3 is 2.05 bits per heavy atom. The molecule has 3 aromatic carbocycles. The average molecular weight is 693 g/mol. The highest BCUT2D eigenvalue weighted by Gasteiger charge is 2.37. The van der Waals surface area contributed by atoms with Gasteiger partial charge >= 0.3 is 6.18 Å². The van der Waals surface area contributed by atoms with Crippen molar-refractivity contribution in [2.24, 2.45) is 0 Å². The lowest BCUT2D eigenvalue weighted by Gasteiger charge is -2.34. The lowest BCUT2D eigenvalue weighted by molar-refractivity contribution is -0.140. The van der Waals surface area contributed by atoms with Gasteiger partial charge in [0, 0.05) is 28.2 Å². The number of benzene rings is 3. The fraction of sp³-hybridized carbons (Fsp3) is 0.333. The van der Waals surface area contributed by atoms with Gasteiger partial charge in [-0.3, -0.25) is 13.9 Å². The number of nitrogens with one attached hydrogen (secondary N) is 1. The van der Waals surface area contributed by atoms with Crippen LogP contribution in [0.25, 0.3) is 0 Å². The zero-order chi connectivity index (χ0) is 32.8. The van der Waals surface area contributed by atoms with Crippen molar-refractivity contribution in [1.29, 1.82) is 0 Å². The van der Waals surface area contributed by atoms with Crippen LogP contribution in [0.4, 0.5) is 18.9 Å². The summed E-state index contributed by atoms with van der Waals surface area (Å²) in [6.07, 6.45) is -4.12. The van der Waals surface area contributed by atoms with Crippen LogP contribution in [0.2, 0.25) is 15.1 Å². The van der Waals surface area contributed by atoms with Crippen LogP contribution in [0.3, 0.4) is 0 Å². The molecule has 0 fully saturated rings. The molecule has 0 saturated heterocycles. The second kappa shape index (κ2) is 14.9. The lowest BCUT2D eigenvalue weighted by atomic mass is 10.1. The van der Waals surface area contributed by atoms with E-state index in [4.69, 9.17) is 34.8 Å². The molecule has 0 aromatic heterocycles. The molecule has 0 unspecified atom stereocenters. The summed E-state index contributed by atoms with van der Waals surface area (Å²) in [5.41, 5.74) is -1.43. The number of amides is 2. The predicted octanol–water partition coefficient (Wildman–Crippen LogP) is 7.58. The van der Waals surface area contributed by atoms with Gasteiger partial charge in [-0.15, -0.1) is 0 Å². The van der Waals surface area contributed by atoms with Gasteiger partial charge in [0.05, 0.1) is 21.2 Å². The third-order valence-electron chi connectivity index (χ3n) is 6.93. The Hall–Kier alpha value is -2.99. The Bertz CT molecular complexity index is 1570. The van der Waals surface area contributed by atoms with Gasteiger partial charge in [0.2, 0.25) is 11.8 Å². The highest BCUT2D eigenvalue weighted by Crippen LogP contribution is 2.37. The van der Waals surface area contributed by atoms with Gasteiger partial charge in [-0.05, 0) is 62.2 Å². The highest BCUT2D eigenvalue weighted by atomic mass is 35.5. The average Bonchev–Trinajstić information content (AvgIpc) is 2.97. The normalized spacial score (nSPS) is 13.2. The number of anilines is 1. The van der Waals surface area contributed by atoms with E-state index in [0.717, 1.165) is 11.0 Å². The molecule has 44 heavy (non-hydrogen) atoms. The van der Waals surface area contributed by atoms with Gasteiger partial charge in [-0.25, -0.2) is 8.42 Å². The van der Waals surface area contributed by atoms with Crippen LogP contribution in [-0.4, -0.2) is 43.8 Å².